The molecule has 4 N–H and O–H groups in total. The molecule has 1 aromatic heterocycles. The van der Waals surface area contributed by atoms with Crippen molar-refractivity contribution in [2.45, 2.75) is 38.1 Å². The highest BCUT2D eigenvalue weighted by molar-refractivity contribution is 6.04. The Balaban J connectivity index is 1.81. The van der Waals surface area contributed by atoms with E-state index in [-0.39, 0.29) is 17.5 Å². The number of benzene rings is 1. The maximum Gasteiger partial charge on any atom is 0.253 e. The molecule has 1 unspecified atom stereocenters. The molecule has 1 saturated carbocycles. The molecular formula is C16H21FN4O. The highest BCUT2D eigenvalue weighted by Crippen LogP contribution is 2.26. The van der Waals surface area contributed by atoms with Gasteiger partial charge in [-0.15, -0.1) is 0 Å². The van der Waals surface area contributed by atoms with Gasteiger partial charge >= 0.3 is 0 Å². The summed E-state index contributed by atoms with van der Waals surface area (Å²) in [5, 5.41) is 2.98. The zero-order chi connectivity index (χ0) is 15.5. The molecule has 1 heterocycles. The van der Waals surface area contributed by atoms with Crippen LogP contribution < -0.4 is 11.1 Å². The number of nitrogens with one attached hydrogen (secondary N) is 2. The molecule has 0 aliphatic heterocycles. The standard InChI is InChI=1S/C16H21FN4O/c17-11-6-12(15-13(7-11)19-9-20-15)16(22)21-14(8-18)10-4-2-1-3-5-10/h6-7,9-10,14H,1-5,8,18H2,(H,19,20)(H,21,22). The molecule has 0 bridgehead atoms. The lowest BCUT2D eigenvalue weighted by Crippen LogP contribution is -2.46. The summed E-state index contributed by atoms with van der Waals surface area (Å²) in [6, 6.07) is 2.50. The zero-order valence-electron chi connectivity index (χ0n) is 12.4. The molecule has 1 aliphatic carbocycles. The number of carbonyl (C=O) groups excluding carboxylic acids is 1. The lowest BCUT2D eigenvalue weighted by molar-refractivity contribution is 0.0916. The molecule has 1 aliphatic rings. The van der Waals surface area contributed by atoms with Gasteiger partial charge in [0.1, 0.15) is 11.3 Å². The van der Waals surface area contributed by atoms with E-state index in [0.717, 1.165) is 12.8 Å². The van der Waals surface area contributed by atoms with E-state index in [1.807, 2.05) is 0 Å². The number of hydrogen-bond donors (Lipinski definition) is 3. The van der Waals surface area contributed by atoms with Crippen LogP contribution in [0.2, 0.25) is 0 Å². The van der Waals surface area contributed by atoms with Crippen molar-refractivity contribution in [3.63, 3.8) is 0 Å². The van der Waals surface area contributed by atoms with Crippen LogP contribution in [0.1, 0.15) is 42.5 Å². The van der Waals surface area contributed by atoms with Gasteiger partial charge in [-0.05, 0) is 30.9 Å². The molecule has 1 aromatic carbocycles. The fourth-order valence-corrected chi connectivity index (χ4v) is 3.34. The third kappa shape index (κ3) is 2.97. The van der Waals surface area contributed by atoms with Crippen LogP contribution in [0.5, 0.6) is 0 Å². The van der Waals surface area contributed by atoms with Gasteiger partial charge in [-0.25, -0.2) is 9.37 Å². The van der Waals surface area contributed by atoms with E-state index < -0.39 is 5.82 Å². The molecule has 118 valence electrons. The van der Waals surface area contributed by atoms with Crippen molar-refractivity contribution in [3.05, 3.63) is 29.8 Å². The van der Waals surface area contributed by atoms with E-state index in [2.05, 4.69) is 15.3 Å². The number of aromatic amines is 1. The number of aromatic nitrogens is 2. The number of H-pyrrole nitrogens is 1. The Morgan fingerprint density at radius 3 is 2.91 bits per heavy atom. The molecule has 2 aromatic rings. The fourth-order valence-electron chi connectivity index (χ4n) is 3.34. The summed E-state index contributed by atoms with van der Waals surface area (Å²) in [6.07, 6.45) is 7.25. The minimum absolute atomic E-state index is 0.0648. The summed E-state index contributed by atoms with van der Waals surface area (Å²) in [6.45, 7) is 0.398. The van der Waals surface area contributed by atoms with Crippen LogP contribution in [0, 0.1) is 11.7 Å². The van der Waals surface area contributed by atoms with Crippen molar-refractivity contribution < 1.29 is 9.18 Å². The van der Waals surface area contributed by atoms with Crippen LogP contribution in [0.4, 0.5) is 4.39 Å². The van der Waals surface area contributed by atoms with Crippen LogP contribution in [0.3, 0.4) is 0 Å². The van der Waals surface area contributed by atoms with Gasteiger partial charge in [-0.1, -0.05) is 19.3 Å². The first kappa shape index (κ1) is 15.0. The number of hydrogen-bond acceptors (Lipinski definition) is 3. The highest BCUT2D eigenvalue weighted by Gasteiger charge is 2.25. The lowest BCUT2D eigenvalue weighted by atomic mass is 9.84. The molecule has 1 fully saturated rings. The Hall–Kier alpha value is -1.95. The third-order valence-electron chi connectivity index (χ3n) is 4.52. The van der Waals surface area contributed by atoms with Crippen molar-refractivity contribution in [2.24, 2.45) is 11.7 Å². The van der Waals surface area contributed by atoms with E-state index in [1.165, 1.54) is 37.7 Å². The quantitative estimate of drug-likeness (QED) is 0.810. The van der Waals surface area contributed by atoms with Crippen molar-refractivity contribution in [1.29, 1.82) is 0 Å². The number of halogens is 1. The minimum atomic E-state index is -0.455. The predicted octanol–water partition coefficient (Wildman–Crippen LogP) is 2.34. The Labute approximate surface area is 128 Å². The monoisotopic (exact) mass is 304 g/mol. The van der Waals surface area contributed by atoms with Gasteiger partial charge in [-0.2, -0.15) is 0 Å². The summed E-state index contributed by atoms with van der Waals surface area (Å²) in [5.41, 5.74) is 7.10. The van der Waals surface area contributed by atoms with E-state index in [0.29, 0.717) is 23.5 Å². The maximum atomic E-state index is 13.7. The SMILES string of the molecule is NCC(NC(=O)c1cc(F)cc2[nH]cnc12)C1CCCCC1. The Bertz CT molecular complexity index is 663. The Morgan fingerprint density at radius 1 is 1.41 bits per heavy atom. The Morgan fingerprint density at radius 2 is 2.18 bits per heavy atom. The average molecular weight is 304 g/mol. The van der Waals surface area contributed by atoms with E-state index in [4.69, 9.17) is 5.73 Å². The lowest BCUT2D eigenvalue weighted by Gasteiger charge is -2.30. The van der Waals surface area contributed by atoms with Crippen molar-refractivity contribution in [2.75, 3.05) is 6.54 Å². The van der Waals surface area contributed by atoms with Crippen LogP contribution in [0.25, 0.3) is 11.0 Å². The topological polar surface area (TPSA) is 83.8 Å². The average Bonchev–Trinajstić information content (AvgIpc) is 3.00. The third-order valence-corrected chi connectivity index (χ3v) is 4.52. The predicted molar refractivity (Wildman–Crippen MR) is 82.9 cm³/mol. The van der Waals surface area contributed by atoms with Crippen LogP contribution >= 0.6 is 0 Å². The van der Waals surface area contributed by atoms with Gasteiger partial charge in [0.2, 0.25) is 0 Å². The van der Waals surface area contributed by atoms with Gasteiger partial charge in [-0.3, -0.25) is 4.79 Å². The molecule has 0 radical (unpaired) electrons. The number of nitrogens with two attached hydrogens (primary N) is 1. The second-order valence-electron chi connectivity index (χ2n) is 5.97. The van der Waals surface area contributed by atoms with Crippen LogP contribution in [-0.2, 0) is 0 Å². The van der Waals surface area contributed by atoms with Crippen molar-refractivity contribution in [3.8, 4) is 0 Å². The Kier molecular flexibility index (Phi) is 4.38. The van der Waals surface area contributed by atoms with E-state index in [9.17, 15) is 9.18 Å². The first-order chi connectivity index (χ1) is 10.7. The summed E-state index contributed by atoms with van der Waals surface area (Å²) in [7, 11) is 0. The normalized spacial score (nSPS) is 17.5. The number of fused-ring (bicyclic) bond motifs is 1. The molecule has 1 amide bonds. The van der Waals surface area contributed by atoms with Crippen molar-refractivity contribution >= 4 is 16.9 Å². The van der Waals surface area contributed by atoms with Crippen LogP contribution in [-0.4, -0.2) is 28.5 Å². The first-order valence-corrected chi connectivity index (χ1v) is 7.82. The summed E-state index contributed by atoms with van der Waals surface area (Å²) < 4.78 is 13.7. The van der Waals surface area contributed by atoms with E-state index in [1.54, 1.807) is 0 Å². The number of imidazole rings is 1. The fraction of sp³-hybridized carbons (Fsp3) is 0.500. The molecule has 3 rings (SSSR count). The largest absolute Gasteiger partial charge is 0.348 e. The smallest absolute Gasteiger partial charge is 0.253 e. The second-order valence-corrected chi connectivity index (χ2v) is 5.97. The second kappa shape index (κ2) is 6.44. The number of amides is 1. The molecule has 6 heteroatoms. The molecule has 5 nitrogen and oxygen atoms in total. The van der Waals surface area contributed by atoms with Gasteiger partial charge in [0.05, 0.1) is 17.4 Å². The van der Waals surface area contributed by atoms with Gasteiger partial charge < -0.3 is 16.0 Å². The van der Waals surface area contributed by atoms with Gasteiger partial charge in [0.25, 0.3) is 5.91 Å². The van der Waals surface area contributed by atoms with Crippen molar-refractivity contribution in [1.82, 2.24) is 15.3 Å². The number of rotatable bonds is 4. The summed E-state index contributed by atoms with van der Waals surface area (Å²) in [5.74, 6) is -0.354. The highest BCUT2D eigenvalue weighted by atomic mass is 19.1. The number of nitrogens with zero attached hydrogens (tertiary/aromatic N) is 1. The van der Waals surface area contributed by atoms with Gasteiger partial charge in [0.15, 0.2) is 0 Å². The molecule has 0 saturated heterocycles. The van der Waals surface area contributed by atoms with Gasteiger partial charge in [0, 0.05) is 12.6 Å². The molecule has 22 heavy (non-hydrogen) atoms. The maximum absolute atomic E-state index is 13.7. The molecular weight excluding hydrogens is 283 g/mol. The molecule has 0 spiro atoms. The number of carbonyl (C=O) groups is 1. The first-order valence-electron chi connectivity index (χ1n) is 7.82. The molecule has 1 atom stereocenters. The summed E-state index contributed by atoms with van der Waals surface area (Å²) >= 11 is 0. The van der Waals surface area contributed by atoms with E-state index >= 15 is 0 Å². The van der Waals surface area contributed by atoms with Crippen LogP contribution in [0.15, 0.2) is 18.5 Å². The summed E-state index contributed by atoms with van der Waals surface area (Å²) in [4.78, 5) is 19.5. The minimum Gasteiger partial charge on any atom is -0.348 e. The zero-order valence-corrected chi connectivity index (χ0v) is 12.4.